The van der Waals surface area contributed by atoms with Crippen molar-refractivity contribution in [1.82, 2.24) is 0 Å². The zero-order valence-electron chi connectivity index (χ0n) is 14.1. The van der Waals surface area contributed by atoms with Crippen LogP contribution in [-0.2, 0) is 22.4 Å². The van der Waals surface area contributed by atoms with Gasteiger partial charge in [-0.2, -0.15) is 0 Å². The van der Waals surface area contributed by atoms with Gasteiger partial charge in [0, 0.05) is 10.7 Å². The van der Waals surface area contributed by atoms with Gasteiger partial charge in [0.05, 0.1) is 0 Å². The third kappa shape index (κ3) is 4.73. The van der Waals surface area contributed by atoms with Crippen molar-refractivity contribution in [2.24, 2.45) is 0 Å². The molecular formula is C19H20ClNO4. The summed E-state index contributed by atoms with van der Waals surface area (Å²) in [4.78, 5) is 24.1. The van der Waals surface area contributed by atoms with Crippen molar-refractivity contribution in [3.05, 3.63) is 58.1 Å². The third-order valence-corrected chi connectivity index (χ3v) is 4.01. The summed E-state index contributed by atoms with van der Waals surface area (Å²) in [6.07, 6.45) is 1.56. The number of esters is 1. The number of aryl methyl sites for hydroxylation is 2. The molecule has 0 fully saturated rings. The number of phenolic OH excluding ortho intramolecular Hbond substituents is 1. The summed E-state index contributed by atoms with van der Waals surface area (Å²) in [5.41, 5.74) is 2.77. The summed E-state index contributed by atoms with van der Waals surface area (Å²) < 4.78 is 4.98. The summed E-state index contributed by atoms with van der Waals surface area (Å²) in [6, 6.07) is 9.90. The van der Waals surface area contributed by atoms with Gasteiger partial charge < -0.3 is 15.2 Å². The second-order valence-electron chi connectivity index (χ2n) is 5.44. The Labute approximate surface area is 151 Å². The number of hydrogen-bond acceptors (Lipinski definition) is 4. The number of anilines is 1. The zero-order chi connectivity index (χ0) is 18.4. The molecule has 0 bridgehead atoms. The Morgan fingerprint density at radius 2 is 1.76 bits per heavy atom. The summed E-state index contributed by atoms with van der Waals surface area (Å²) in [5, 5.41) is 12.8. The number of amides is 1. The molecule has 0 heterocycles. The van der Waals surface area contributed by atoms with Crippen LogP contribution in [0.25, 0.3) is 0 Å². The average molecular weight is 362 g/mol. The minimum absolute atomic E-state index is 0.0413. The molecule has 1 amide bonds. The quantitative estimate of drug-likeness (QED) is 0.763. The van der Waals surface area contributed by atoms with E-state index in [1.165, 1.54) is 18.2 Å². The van der Waals surface area contributed by atoms with Gasteiger partial charge in [0.2, 0.25) is 0 Å². The topological polar surface area (TPSA) is 75.6 Å². The highest BCUT2D eigenvalue weighted by molar-refractivity contribution is 6.30. The number of nitrogens with one attached hydrogen (secondary N) is 1. The molecule has 0 atom stereocenters. The summed E-state index contributed by atoms with van der Waals surface area (Å²) in [7, 11) is 0. The molecule has 2 aromatic rings. The lowest BCUT2D eigenvalue weighted by Gasteiger charge is -2.14. The lowest BCUT2D eigenvalue weighted by atomic mass is 10.0. The van der Waals surface area contributed by atoms with Crippen LogP contribution in [0.2, 0.25) is 5.02 Å². The highest BCUT2D eigenvalue weighted by atomic mass is 35.5. The van der Waals surface area contributed by atoms with E-state index in [2.05, 4.69) is 5.32 Å². The Morgan fingerprint density at radius 3 is 2.32 bits per heavy atom. The predicted molar refractivity (Wildman–Crippen MR) is 97.2 cm³/mol. The van der Waals surface area contributed by atoms with E-state index in [4.69, 9.17) is 16.3 Å². The molecule has 0 unspecified atom stereocenters. The van der Waals surface area contributed by atoms with E-state index in [0.717, 1.165) is 29.7 Å². The predicted octanol–water partition coefficient (Wildman–Crippen LogP) is 3.97. The minimum Gasteiger partial charge on any atom is -0.507 e. The van der Waals surface area contributed by atoms with Crippen molar-refractivity contribution in [2.45, 2.75) is 26.7 Å². The highest BCUT2D eigenvalue weighted by Crippen LogP contribution is 2.24. The molecule has 2 rings (SSSR count). The monoisotopic (exact) mass is 361 g/mol. The van der Waals surface area contributed by atoms with Crippen LogP contribution in [0, 0.1) is 0 Å². The number of hydrogen-bond donors (Lipinski definition) is 2. The number of rotatable bonds is 6. The number of ether oxygens (including phenoxy) is 1. The molecule has 0 spiro atoms. The fourth-order valence-corrected chi connectivity index (χ4v) is 2.63. The number of phenols is 1. The molecule has 0 aliphatic heterocycles. The van der Waals surface area contributed by atoms with Crippen molar-refractivity contribution in [3.8, 4) is 5.75 Å². The van der Waals surface area contributed by atoms with E-state index in [1.54, 1.807) is 0 Å². The fraction of sp³-hybridized carbons (Fsp3) is 0.263. The summed E-state index contributed by atoms with van der Waals surface area (Å²) in [5.74, 6) is -1.51. The van der Waals surface area contributed by atoms with Crippen molar-refractivity contribution in [1.29, 1.82) is 0 Å². The second-order valence-corrected chi connectivity index (χ2v) is 5.88. The molecule has 0 saturated carbocycles. The number of carbonyl (C=O) groups is 2. The Bertz CT molecular complexity index is 767. The first-order valence-electron chi connectivity index (χ1n) is 8.02. The number of para-hydroxylation sites is 1. The molecule has 25 heavy (non-hydrogen) atoms. The number of halogens is 1. The van der Waals surface area contributed by atoms with Crippen LogP contribution in [0.4, 0.5) is 5.69 Å². The molecule has 0 aromatic heterocycles. The van der Waals surface area contributed by atoms with Gasteiger partial charge in [-0.1, -0.05) is 43.6 Å². The van der Waals surface area contributed by atoms with Crippen molar-refractivity contribution in [3.63, 3.8) is 0 Å². The molecule has 6 heteroatoms. The molecule has 0 saturated heterocycles. The van der Waals surface area contributed by atoms with Crippen LogP contribution in [0.15, 0.2) is 36.4 Å². The van der Waals surface area contributed by atoms with Crippen LogP contribution in [0.3, 0.4) is 0 Å². The lowest BCUT2D eigenvalue weighted by molar-refractivity contribution is -0.119. The van der Waals surface area contributed by atoms with Gasteiger partial charge in [0.25, 0.3) is 5.91 Å². The molecule has 132 valence electrons. The Hall–Kier alpha value is -2.53. The number of carbonyl (C=O) groups excluding carboxylic acids is 2. The fourth-order valence-electron chi connectivity index (χ4n) is 2.46. The largest absolute Gasteiger partial charge is 0.507 e. The SMILES string of the molecule is CCc1cccc(CC)c1NC(=O)COC(=O)c1ccc(Cl)cc1O. The summed E-state index contributed by atoms with van der Waals surface area (Å²) >= 11 is 5.72. The molecule has 2 aromatic carbocycles. The van der Waals surface area contributed by atoms with Crippen molar-refractivity contribution < 1.29 is 19.4 Å². The summed E-state index contributed by atoms with van der Waals surface area (Å²) in [6.45, 7) is 3.57. The number of aromatic hydroxyl groups is 1. The van der Waals surface area contributed by atoms with E-state index in [0.29, 0.717) is 5.02 Å². The van der Waals surface area contributed by atoms with Gasteiger partial charge in [0.15, 0.2) is 6.61 Å². The van der Waals surface area contributed by atoms with Gasteiger partial charge >= 0.3 is 5.97 Å². The Morgan fingerprint density at radius 1 is 1.12 bits per heavy atom. The van der Waals surface area contributed by atoms with Gasteiger partial charge in [-0.05, 0) is 42.2 Å². The van der Waals surface area contributed by atoms with Gasteiger partial charge in [-0.15, -0.1) is 0 Å². The zero-order valence-corrected chi connectivity index (χ0v) is 14.9. The maximum atomic E-state index is 12.2. The van der Waals surface area contributed by atoms with E-state index in [9.17, 15) is 14.7 Å². The van der Waals surface area contributed by atoms with Crippen LogP contribution in [0.5, 0.6) is 5.75 Å². The average Bonchev–Trinajstić information content (AvgIpc) is 2.59. The highest BCUT2D eigenvalue weighted by Gasteiger charge is 2.16. The first kappa shape index (κ1) is 18.8. The Balaban J connectivity index is 2.03. The molecule has 5 nitrogen and oxygen atoms in total. The van der Waals surface area contributed by atoms with E-state index in [-0.39, 0.29) is 11.3 Å². The first-order chi connectivity index (χ1) is 12.0. The lowest BCUT2D eigenvalue weighted by Crippen LogP contribution is -2.22. The van der Waals surface area contributed by atoms with Crippen molar-refractivity contribution in [2.75, 3.05) is 11.9 Å². The Kier molecular flexibility index (Phi) is 6.42. The maximum absolute atomic E-state index is 12.2. The molecule has 2 N–H and O–H groups in total. The normalized spacial score (nSPS) is 10.4. The number of benzene rings is 2. The van der Waals surface area contributed by atoms with Gasteiger partial charge in [0.1, 0.15) is 11.3 Å². The van der Waals surface area contributed by atoms with Crippen LogP contribution in [-0.4, -0.2) is 23.6 Å². The molecule has 0 aliphatic rings. The minimum atomic E-state index is -0.788. The molecular weight excluding hydrogens is 342 g/mol. The first-order valence-corrected chi connectivity index (χ1v) is 8.40. The maximum Gasteiger partial charge on any atom is 0.342 e. The van der Waals surface area contributed by atoms with Crippen molar-refractivity contribution >= 4 is 29.2 Å². The van der Waals surface area contributed by atoms with Crippen LogP contribution in [0.1, 0.15) is 35.3 Å². The molecule has 0 aliphatic carbocycles. The smallest absolute Gasteiger partial charge is 0.342 e. The van der Waals surface area contributed by atoms with E-state index >= 15 is 0 Å². The second kappa shape index (κ2) is 8.53. The van der Waals surface area contributed by atoms with E-state index < -0.39 is 18.5 Å². The van der Waals surface area contributed by atoms with Crippen LogP contribution >= 0.6 is 11.6 Å². The van der Waals surface area contributed by atoms with Gasteiger partial charge in [-0.25, -0.2) is 4.79 Å². The van der Waals surface area contributed by atoms with Crippen LogP contribution < -0.4 is 5.32 Å². The van der Waals surface area contributed by atoms with Gasteiger partial charge in [-0.3, -0.25) is 4.79 Å². The standard InChI is InChI=1S/C19H20ClNO4/c1-3-12-6-5-7-13(4-2)18(12)21-17(23)11-25-19(24)15-9-8-14(20)10-16(15)22/h5-10,22H,3-4,11H2,1-2H3,(H,21,23). The third-order valence-electron chi connectivity index (χ3n) is 3.78. The van der Waals surface area contributed by atoms with E-state index in [1.807, 2.05) is 32.0 Å². The molecule has 0 radical (unpaired) electrons.